The van der Waals surface area contributed by atoms with E-state index in [2.05, 4.69) is 30.5 Å². The van der Waals surface area contributed by atoms with Crippen molar-refractivity contribution in [1.29, 1.82) is 0 Å². The lowest BCUT2D eigenvalue weighted by Gasteiger charge is -2.28. The topological polar surface area (TPSA) is 252 Å². The number of aromatic nitrogens is 4. The molecule has 170 valence electrons. The van der Waals surface area contributed by atoms with Crippen LogP contribution in [0.2, 0.25) is 0 Å². The number of hydrogen-bond donors (Lipinski definition) is 5. The smallest absolute Gasteiger partial charge is 0.325 e. The molecule has 16 nitrogen and oxygen atoms in total. The summed E-state index contributed by atoms with van der Waals surface area (Å²) in [4.78, 5) is 56.0. The second-order valence-electron chi connectivity index (χ2n) is 6.35. The maximum atomic E-state index is 12.2. The lowest BCUT2D eigenvalue weighted by atomic mass is 10.1. The Bertz CT molecular complexity index is 1010. The molecule has 31 heavy (non-hydrogen) atoms. The van der Waals surface area contributed by atoms with E-state index in [9.17, 15) is 24.2 Å². The number of phosphoric acid groups is 1. The predicted octanol–water partition coefficient (Wildman–Crippen LogP) is -4.59. The molecule has 0 bridgehead atoms. The van der Waals surface area contributed by atoms with Crippen molar-refractivity contribution in [2.45, 2.75) is 24.5 Å². The van der Waals surface area contributed by atoms with Crippen LogP contribution in [0.5, 0.6) is 0 Å². The first kappa shape index (κ1) is 23.0. The number of phosphoric ester groups is 1. The van der Waals surface area contributed by atoms with E-state index in [0.29, 0.717) is 0 Å². The maximum absolute atomic E-state index is 12.2. The molecule has 17 heteroatoms. The summed E-state index contributed by atoms with van der Waals surface area (Å²) in [5, 5.41) is 11.9. The molecule has 3 heterocycles. The van der Waals surface area contributed by atoms with Gasteiger partial charge in [-0.05, 0) is 0 Å². The standard InChI is InChI=1S/C14H20N7O9P/c15-1-7(23)17-2-8(24)29-11-10(30-31(25,26)27)6(3-22)28-14(11)21-5-20-9-12(16)18-4-19-13(9)21/h4-6,10-11,14,22H,1-3,15H2,(H,17,23)(H2,16,18,19)(H2,25,26,27)/t6-,10-,11-,14-/m1/s1. The van der Waals surface area contributed by atoms with Gasteiger partial charge in [0.05, 0.1) is 12.9 Å². The molecule has 0 aromatic carbocycles. The number of nitrogens with zero attached hydrogens (tertiary/aromatic N) is 4. The highest BCUT2D eigenvalue weighted by Crippen LogP contribution is 2.42. The van der Waals surface area contributed by atoms with Gasteiger partial charge in [-0.15, -0.1) is 0 Å². The van der Waals surface area contributed by atoms with Gasteiger partial charge >= 0.3 is 5.97 Å². The molecule has 1 amide bonds. The summed E-state index contributed by atoms with van der Waals surface area (Å²) in [6, 6.07) is 0. The van der Waals surface area contributed by atoms with E-state index in [-0.39, 0.29) is 23.5 Å². The van der Waals surface area contributed by atoms with Crippen LogP contribution in [0.15, 0.2) is 12.7 Å². The van der Waals surface area contributed by atoms with Crippen molar-refractivity contribution in [3.63, 3.8) is 0 Å². The zero-order chi connectivity index (χ0) is 22.8. The van der Waals surface area contributed by atoms with Crippen LogP contribution in [0.3, 0.4) is 0 Å². The third-order valence-electron chi connectivity index (χ3n) is 4.31. The Hall–Kier alpha value is -2.72. The number of quaternary nitrogens is 1. The van der Waals surface area contributed by atoms with Crippen LogP contribution < -0.4 is 21.7 Å². The summed E-state index contributed by atoms with van der Waals surface area (Å²) in [5.74, 6) is -1.44. The van der Waals surface area contributed by atoms with E-state index < -0.39 is 57.4 Å². The van der Waals surface area contributed by atoms with E-state index in [1.165, 1.54) is 10.9 Å². The molecule has 0 radical (unpaired) electrons. The Morgan fingerprint density at radius 3 is 2.77 bits per heavy atom. The van der Waals surface area contributed by atoms with Crippen LogP contribution in [0.4, 0.5) is 5.82 Å². The summed E-state index contributed by atoms with van der Waals surface area (Å²) >= 11 is 0. The van der Waals surface area contributed by atoms with Crippen molar-refractivity contribution in [2.75, 3.05) is 25.4 Å². The van der Waals surface area contributed by atoms with Gasteiger partial charge in [-0.3, -0.25) is 18.7 Å². The van der Waals surface area contributed by atoms with Gasteiger partial charge < -0.3 is 45.7 Å². The number of nitrogens with two attached hydrogens (primary N) is 1. The molecule has 2 aromatic heterocycles. The van der Waals surface area contributed by atoms with Gasteiger partial charge in [-0.25, -0.2) is 15.0 Å². The molecule has 0 saturated carbocycles. The molecular formula is C14H20N7O9P. The molecule has 0 spiro atoms. The van der Waals surface area contributed by atoms with E-state index in [4.69, 9.17) is 20.1 Å². The van der Waals surface area contributed by atoms with Gasteiger partial charge in [0, 0.05) is 0 Å². The third kappa shape index (κ3) is 5.13. The fourth-order valence-electron chi connectivity index (χ4n) is 2.99. The number of aliphatic hydroxyl groups is 1. The number of hydrogen-bond acceptors (Lipinski definition) is 12. The molecule has 3 rings (SSSR count). The first-order valence-corrected chi connectivity index (χ1v) is 10.3. The van der Waals surface area contributed by atoms with Crippen molar-refractivity contribution in [1.82, 2.24) is 24.8 Å². The number of fused-ring (bicyclic) bond motifs is 1. The van der Waals surface area contributed by atoms with Crippen LogP contribution in [0.25, 0.3) is 11.2 Å². The molecule has 1 saturated heterocycles. The first-order chi connectivity index (χ1) is 14.6. The molecule has 1 aliphatic rings. The number of carbonyl (C=O) groups is 2. The van der Waals surface area contributed by atoms with E-state index >= 15 is 0 Å². The largest absolute Gasteiger partial charge is 0.756 e. The number of amides is 1. The Labute approximate surface area is 173 Å². The highest BCUT2D eigenvalue weighted by Gasteiger charge is 2.50. The van der Waals surface area contributed by atoms with Crippen molar-refractivity contribution in [3.8, 4) is 0 Å². The SMILES string of the molecule is Nc1ncnc2c1ncn2[C@@H]1O[C@H](CO)[C@@H](OP(=O)([O-])O)[C@H]1OC(=O)CNC(=O)C[NH3+]. The van der Waals surface area contributed by atoms with E-state index in [1.54, 1.807) is 0 Å². The normalized spacial score (nSPS) is 25.3. The van der Waals surface area contributed by atoms with Gasteiger partial charge in [0.1, 0.15) is 30.6 Å². The van der Waals surface area contributed by atoms with Gasteiger partial charge in [-0.2, -0.15) is 0 Å². The predicted molar refractivity (Wildman–Crippen MR) is 96.1 cm³/mol. The molecule has 2 aromatic rings. The number of aliphatic hydroxyl groups excluding tert-OH is 1. The van der Waals surface area contributed by atoms with Crippen LogP contribution in [0.1, 0.15) is 6.23 Å². The molecule has 1 fully saturated rings. The monoisotopic (exact) mass is 461 g/mol. The zero-order valence-electron chi connectivity index (χ0n) is 15.9. The minimum Gasteiger partial charge on any atom is -0.756 e. The van der Waals surface area contributed by atoms with Crippen LogP contribution in [-0.2, 0) is 28.2 Å². The summed E-state index contributed by atoms with van der Waals surface area (Å²) < 4.78 is 28.2. The highest BCUT2D eigenvalue weighted by atomic mass is 31.2. The first-order valence-electron chi connectivity index (χ1n) is 8.81. The Balaban J connectivity index is 1.95. The number of ether oxygens (including phenoxy) is 2. The number of nitrogen functional groups attached to an aromatic ring is 1. The molecule has 5 atom stereocenters. The van der Waals surface area contributed by atoms with E-state index in [1.807, 2.05) is 0 Å². The number of carbonyl (C=O) groups excluding carboxylic acids is 2. The molecule has 1 unspecified atom stereocenters. The van der Waals surface area contributed by atoms with Gasteiger partial charge in [0.25, 0.3) is 13.7 Å². The second-order valence-corrected chi connectivity index (χ2v) is 7.50. The number of imidazole rings is 1. The van der Waals surface area contributed by atoms with Crippen molar-refractivity contribution in [2.24, 2.45) is 0 Å². The Kier molecular flexibility index (Phi) is 6.80. The average Bonchev–Trinajstić information content (AvgIpc) is 3.27. The van der Waals surface area contributed by atoms with Gasteiger partial charge in [-0.1, -0.05) is 0 Å². The summed E-state index contributed by atoms with van der Waals surface area (Å²) in [7, 11) is -5.32. The fraction of sp³-hybridized carbons (Fsp3) is 0.500. The third-order valence-corrected chi connectivity index (χ3v) is 4.82. The van der Waals surface area contributed by atoms with Crippen LogP contribution >= 0.6 is 7.82 Å². The summed E-state index contributed by atoms with van der Waals surface area (Å²) in [6.45, 7) is -1.41. The minimum atomic E-state index is -5.32. The van der Waals surface area contributed by atoms with Gasteiger partial charge in [0.2, 0.25) is 0 Å². The van der Waals surface area contributed by atoms with Crippen molar-refractivity contribution >= 4 is 36.7 Å². The average molecular weight is 461 g/mol. The van der Waals surface area contributed by atoms with Crippen molar-refractivity contribution < 1.29 is 48.8 Å². The number of nitrogens with one attached hydrogen (secondary N) is 1. The zero-order valence-corrected chi connectivity index (χ0v) is 16.8. The number of esters is 1. The molecule has 8 N–H and O–H groups in total. The van der Waals surface area contributed by atoms with Crippen molar-refractivity contribution in [3.05, 3.63) is 12.7 Å². The lowest BCUT2D eigenvalue weighted by molar-refractivity contribution is -0.355. The van der Waals surface area contributed by atoms with Crippen LogP contribution in [0, 0.1) is 0 Å². The molecule has 0 aliphatic carbocycles. The summed E-state index contributed by atoms with van der Waals surface area (Å²) in [5.41, 5.74) is 9.48. The van der Waals surface area contributed by atoms with Crippen LogP contribution in [-0.4, -0.2) is 79.4 Å². The minimum absolute atomic E-state index is 0.0529. The summed E-state index contributed by atoms with van der Waals surface area (Å²) in [6.07, 6.45) is -3.32. The highest BCUT2D eigenvalue weighted by molar-refractivity contribution is 7.44. The number of anilines is 1. The van der Waals surface area contributed by atoms with Gasteiger partial charge in [0.15, 0.2) is 30.3 Å². The molecular weight excluding hydrogens is 441 g/mol. The Morgan fingerprint density at radius 2 is 2.13 bits per heavy atom. The molecule has 1 aliphatic heterocycles. The lowest BCUT2D eigenvalue weighted by Crippen LogP contribution is -2.57. The Morgan fingerprint density at radius 1 is 1.39 bits per heavy atom. The second kappa shape index (κ2) is 9.19. The maximum Gasteiger partial charge on any atom is 0.325 e. The van der Waals surface area contributed by atoms with E-state index in [0.717, 1.165) is 6.33 Å². The fourth-order valence-corrected chi connectivity index (χ4v) is 3.56. The number of rotatable bonds is 8. The quantitative estimate of drug-likeness (QED) is 0.183.